The largest absolute Gasteiger partial charge is 0.273 e. The molecule has 1 heteroatoms. The van der Waals surface area contributed by atoms with Crippen LogP contribution in [0.25, 0.3) is 0 Å². The van der Waals surface area contributed by atoms with Gasteiger partial charge in [-0.15, -0.1) is 6.42 Å². The minimum absolute atomic E-state index is 0. The van der Waals surface area contributed by atoms with Crippen molar-refractivity contribution in [3.8, 4) is 0 Å². The zero-order valence-electron chi connectivity index (χ0n) is 6.44. The summed E-state index contributed by atoms with van der Waals surface area (Å²) in [6.45, 7) is 6.11. The Kier molecular flexibility index (Phi) is 11.7. The third-order valence-electron chi connectivity index (χ3n) is 0.867. The van der Waals surface area contributed by atoms with Gasteiger partial charge in [0.05, 0.1) is 0 Å². The molecule has 0 aliphatic heterocycles. The van der Waals surface area contributed by atoms with Crippen molar-refractivity contribution >= 4 is 0 Å². The van der Waals surface area contributed by atoms with Crippen molar-refractivity contribution in [1.29, 1.82) is 0 Å². The van der Waals surface area contributed by atoms with E-state index in [-0.39, 0.29) is 32.7 Å². The van der Waals surface area contributed by atoms with Crippen LogP contribution in [0.1, 0.15) is 27.2 Å². The van der Waals surface area contributed by atoms with Crippen LogP contribution < -0.4 is 0 Å². The van der Waals surface area contributed by atoms with Crippen LogP contribution in [0.2, 0.25) is 0 Å². The average molecular weight is 198 g/mol. The van der Waals surface area contributed by atoms with Crippen LogP contribution in [0.3, 0.4) is 0 Å². The molecule has 0 atom stereocenters. The third kappa shape index (κ3) is 6.47. The molecule has 0 amide bonds. The molecule has 0 heterocycles. The van der Waals surface area contributed by atoms with Crippen molar-refractivity contribution in [2.24, 2.45) is 0 Å². The van der Waals surface area contributed by atoms with E-state index < -0.39 is 0 Å². The molecule has 1 rings (SSSR count). The first-order valence-corrected chi connectivity index (χ1v) is 3.12. The fraction of sp³-hybridized carbons (Fsp3) is 0.500. The van der Waals surface area contributed by atoms with Gasteiger partial charge in [-0.3, -0.25) is 6.08 Å². The molecular weight excluding hydrogens is 185 g/mol. The van der Waals surface area contributed by atoms with E-state index >= 15 is 0 Å². The van der Waals surface area contributed by atoms with Crippen molar-refractivity contribution in [3.63, 3.8) is 0 Å². The summed E-state index contributed by atoms with van der Waals surface area (Å²) < 4.78 is 0. The second kappa shape index (κ2) is 8.58. The Morgan fingerprint density at radius 1 is 1.44 bits per heavy atom. The first-order chi connectivity index (χ1) is 3.89. The summed E-state index contributed by atoms with van der Waals surface area (Å²) in [6.07, 6.45) is 8.15. The predicted molar refractivity (Wildman–Crippen MR) is 37.5 cm³/mol. The second-order valence-electron chi connectivity index (χ2n) is 1.56. The van der Waals surface area contributed by atoms with E-state index in [0.717, 1.165) is 6.42 Å². The molecule has 0 aromatic heterocycles. The molecular formula is C8H13Y-. The smallest absolute Gasteiger partial charge is 0 e. The van der Waals surface area contributed by atoms with E-state index in [1.165, 1.54) is 5.57 Å². The molecule has 9 heavy (non-hydrogen) atoms. The molecule has 1 aliphatic carbocycles. The normalized spacial score (nSPS) is 13.0. The van der Waals surface area contributed by atoms with E-state index in [9.17, 15) is 0 Å². The minimum atomic E-state index is 0. The van der Waals surface area contributed by atoms with E-state index in [0.29, 0.717) is 0 Å². The van der Waals surface area contributed by atoms with Crippen LogP contribution in [0.5, 0.6) is 0 Å². The van der Waals surface area contributed by atoms with Crippen LogP contribution >= 0.6 is 0 Å². The average Bonchev–Trinajstić information content (AvgIpc) is 2.24. The van der Waals surface area contributed by atoms with Crippen molar-refractivity contribution < 1.29 is 32.7 Å². The molecule has 0 saturated heterocycles. The Balaban J connectivity index is 0. The third-order valence-corrected chi connectivity index (χ3v) is 0.867. The second-order valence-corrected chi connectivity index (χ2v) is 1.56. The van der Waals surface area contributed by atoms with Gasteiger partial charge in [0.25, 0.3) is 0 Å². The molecule has 0 spiro atoms. The van der Waals surface area contributed by atoms with Crippen LogP contribution in [-0.4, -0.2) is 0 Å². The Morgan fingerprint density at radius 2 is 2.00 bits per heavy atom. The van der Waals surface area contributed by atoms with Crippen molar-refractivity contribution in [2.75, 3.05) is 0 Å². The molecule has 1 aliphatic rings. The molecule has 49 valence electrons. The minimum Gasteiger partial charge on any atom is -0.273 e. The van der Waals surface area contributed by atoms with Crippen LogP contribution in [0.15, 0.2) is 17.7 Å². The molecule has 1 radical (unpaired) electrons. The van der Waals surface area contributed by atoms with E-state index in [4.69, 9.17) is 0 Å². The number of hydrogen-bond donors (Lipinski definition) is 0. The molecule has 0 N–H and O–H groups in total. The van der Waals surface area contributed by atoms with Gasteiger partial charge in [-0.1, -0.05) is 20.8 Å². The van der Waals surface area contributed by atoms with Gasteiger partial charge in [0.2, 0.25) is 0 Å². The van der Waals surface area contributed by atoms with Gasteiger partial charge in [0, 0.05) is 32.7 Å². The zero-order chi connectivity index (χ0) is 6.41. The molecule has 0 bridgehead atoms. The Morgan fingerprint density at radius 3 is 2.11 bits per heavy atom. The monoisotopic (exact) mass is 198 g/mol. The predicted octanol–water partition coefficient (Wildman–Crippen LogP) is 2.72. The summed E-state index contributed by atoms with van der Waals surface area (Å²) in [7, 11) is 0. The van der Waals surface area contributed by atoms with E-state index in [1.807, 2.05) is 19.9 Å². The van der Waals surface area contributed by atoms with Crippen molar-refractivity contribution in [2.45, 2.75) is 27.2 Å². The Labute approximate surface area is 83.3 Å². The van der Waals surface area contributed by atoms with Crippen LogP contribution in [0, 0.1) is 6.08 Å². The van der Waals surface area contributed by atoms with Crippen LogP contribution in [0.4, 0.5) is 0 Å². The summed E-state index contributed by atoms with van der Waals surface area (Å²) in [5, 5.41) is 0. The van der Waals surface area contributed by atoms with Gasteiger partial charge in [-0.25, -0.2) is 12.2 Å². The van der Waals surface area contributed by atoms with Crippen molar-refractivity contribution in [1.82, 2.24) is 0 Å². The zero-order valence-corrected chi connectivity index (χ0v) is 9.28. The molecule has 0 aromatic rings. The SMILES string of the molecule is CC.CC1=CC=[C-]C1.[Y]. The molecule has 0 saturated carbocycles. The number of hydrogen-bond acceptors (Lipinski definition) is 0. The maximum atomic E-state index is 3.05. The maximum Gasteiger partial charge on any atom is 0 e. The summed E-state index contributed by atoms with van der Waals surface area (Å²) in [5.74, 6) is 0. The standard InChI is InChI=1S/C6H7.C2H6.Y/c1-6-4-2-3-5-6;1-2;/h2,4H,5H2,1H3;1-2H3;/q-1;;. The molecule has 0 fully saturated rings. The Bertz CT molecular complexity index is 101. The Hall–Kier alpha value is 0.584. The first kappa shape index (κ1) is 12.3. The number of allylic oxidation sites excluding steroid dienone is 4. The fourth-order valence-corrected chi connectivity index (χ4v) is 0.480. The number of rotatable bonds is 0. The van der Waals surface area contributed by atoms with Gasteiger partial charge in [-0.2, -0.15) is 5.57 Å². The fourth-order valence-electron chi connectivity index (χ4n) is 0.480. The van der Waals surface area contributed by atoms with Gasteiger partial charge < -0.3 is 0 Å². The summed E-state index contributed by atoms with van der Waals surface area (Å²) in [4.78, 5) is 0. The quantitative estimate of drug-likeness (QED) is 0.525. The van der Waals surface area contributed by atoms with E-state index in [1.54, 1.807) is 0 Å². The molecule has 0 unspecified atom stereocenters. The summed E-state index contributed by atoms with van der Waals surface area (Å²) >= 11 is 0. The van der Waals surface area contributed by atoms with Crippen molar-refractivity contribution in [3.05, 3.63) is 23.8 Å². The van der Waals surface area contributed by atoms with Gasteiger partial charge in [0.1, 0.15) is 0 Å². The summed E-state index contributed by atoms with van der Waals surface area (Å²) in [6, 6.07) is 0. The molecule has 0 nitrogen and oxygen atoms in total. The van der Waals surface area contributed by atoms with Crippen LogP contribution in [-0.2, 0) is 32.7 Å². The van der Waals surface area contributed by atoms with Gasteiger partial charge in [0.15, 0.2) is 0 Å². The summed E-state index contributed by atoms with van der Waals surface area (Å²) in [5.41, 5.74) is 1.41. The maximum absolute atomic E-state index is 3.05. The van der Waals surface area contributed by atoms with Gasteiger partial charge >= 0.3 is 0 Å². The van der Waals surface area contributed by atoms with Gasteiger partial charge in [-0.05, 0) is 0 Å². The topological polar surface area (TPSA) is 0 Å². The van der Waals surface area contributed by atoms with E-state index in [2.05, 4.69) is 19.1 Å². The first-order valence-electron chi connectivity index (χ1n) is 3.12. The molecule has 0 aromatic carbocycles.